The van der Waals surface area contributed by atoms with Gasteiger partial charge in [0.1, 0.15) is 0 Å². The highest BCUT2D eigenvalue weighted by molar-refractivity contribution is 5.97. The van der Waals surface area contributed by atoms with Gasteiger partial charge in [0.2, 0.25) is 5.91 Å². The van der Waals surface area contributed by atoms with Crippen LogP contribution in [0, 0.1) is 5.92 Å². The first-order valence-electron chi connectivity index (χ1n) is 5.65. The number of amides is 1. The van der Waals surface area contributed by atoms with E-state index in [-0.39, 0.29) is 5.91 Å². The fraction of sp³-hybridized carbons (Fsp3) is 0.385. The molecule has 16 heavy (non-hydrogen) atoms. The molecule has 82 valence electrons. The van der Waals surface area contributed by atoms with Crippen LogP contribution in [0.1, 0.15) is 12.5 Å². The van der Waals surface area contributed by atoms with E-state index in [0.29, 0.717) is 5.92 Å². The van der Waals surface area contributed by atoms with Crippen molar-refractivity contribution in [3.8, 4) is 0 Å². The Hall–Kier alpha value is -1.64. The Morgan fingerprint density at radius 2 is 2.12 bits per heavy atom. The molecule has 0 N–H and O–H groups in total. The van der Waals surface area contributed by atoms with Crippen molar-refractivity contribution in [1.82, 2.24) is 4.90 Å². The lowest BCUT2D eigenvalue weighted by Crippen LogP contribution is -2.52. The molecule has 1 amide bonds. The lowest BCUT2D eigenvalue weighted by Gasteiger charge is -2.38. The Morgan fingerprint density at radius 3 is 2.81 bits per heavy atom. The van der Waals surface area contributed by atoms with Crippen LogP contribution in [-0.4, -0.2) is 29.6 Å². The zero-order valence-corrected chi connectivity index (χ0v) is 9.31. The van der Waals surface area contributed by atoms with E-state index in [0.717, 1.165) is 25.2 Å². The van der Waals surface area contributed by atoms with E-state index in [2.05, 4.69) is 23.2 Å². The molecule has 2 aliphatic rings. The van der Waals surface area contributed by atoms with Gasteiger partial charge in [0.25, 0.3) is 0 Å². The van der Waals surface area contributed by atoms with Gasteiger partial charge in [0.15, 0.2) is 0 Å². The van der Waals surface area contributed by atoms with Crippen LogP contribution in [-0.2, 0) is 11.2 Å². The van der Waals surface area contributed by atoms with Crippen molar-refractivity contribution in [2.45, 2.75) is 13.3 Å². The number of likely N-dealkylation sites (tertiary alicyclic amines) is 1. The van der Waals surface area contributed by atoms with E-state index in [9.17, 15) is 4.79 Å². The number of rotatable bonds is 1. The normalized spacial score (nSPS) is 19.1. The van der Waals surface area contributed by atoms with Crippen molar-refractivity contribution in [3.63, 3.8) is 0 Å². The number of benzene rings is 1. The molecule has 1 aromatic carbocycles. The third-order valence-corrected chi connectivity index (χ3v) is 3.43. The molecular formula is C13H14N2O. The summed E-state index contributed by atoms with van der Waals surface area (Å²) in [7, 11) is 0. The number of fused-ring (bicyclic) bond motifs is 1. The summed E-state index contributed by atoms with van der Waals surface area (Å²) in [5.74, 6) is 0.656. The SMILES string of the molecule is CC(=O)N1CC(C2=Nc3ccccc3C2)C1. The molecule has 0 spiro atoms. The largest absolute Gasteiger partial charge is 0.341 e. The Bertz CT molecular complexity index is 473. The van der Waals surface area contributed by atoms with Gasteiger partial charge in [0, 0.05) is 38.1 Å². The minimum absolute atomic E-state index is 0.173. The van der Waals surface area contributed by atoms with Gasteiger partial charge in [-0.05, 0) is 11.6 Å². The summed E-state index contributed by atoms with van der Waals surface area (Å²) in [6, 6.07) is 8.27. The quantitative estimate of drug-likeness (QED) is 0.701. The molecule has 0 radical (unpaired) electrons. The maximum Gasteiger partial charge on any atom is 0.219 e. The third kappa shape index (κ3) is 1.43. The van der Waals surface area contributed by atoms with Crippen molar-refractivity contribution in [3.05, 3.63) is 29.8 Å². The fourth-order valence-electron chi connectivity index (χ4n) is 2.34. The Kier molecular flexibility index (Phi) is 2.06. The fourth-order valence-corrected chi connectivity index (χ4v) is 2.34. The average Bonchev–Trinajstić information content (AvgIpc) is 2.57. The van der Waals surface area contributed by atoms with Gasteiger partial charge in [-0.3, -0.25) is 9.79 Å². The number of carbonyl (C=O) groups is 1. The van der Waals surface area contributed by atoms with Gasteiger partial charge in [-0.2, -0.15) is 0 Å². The van der Waals surface area contributed by atoms with E-state index in [4.69, 9.17) is 0 Å². The summed E-state index contributed by atoms with van der Waals surface area (Å²) in [5.41, 5.74) is 3.68. The molecular weight excluding hydrogens is 200 g/mol. The maximum atomic E-state index is 11.1. The second-order valence-electron chi connectivity index (χ2n) is 4.53. The summed E-state index contributed by atoms with van der Waals surface area (Å²) in [5, 5.41) is 0. The van der Waals surface area contributed by atoms with E-state index >= 15 is 0 Å². The highest BCUT2D eigenvalue weighted by Gasteiger charge is 2.34. The second kappa shape index (κ2) is 3.44. The molecule has 1 saturated heterocycles. The van der Waals surface area contributed by atoms with Gasteiger partial charge in [-0.1, -0.05) is 18.2 Å². The zero-order valence-electron chi connectivity index (χ0n) is 9.31. The average molecular weight is 214 g/mol. The summed E-state index contributed by atoms with van der Waals surface area (Å²) < 4.78 is 0. The predicted octanol–water partition coefficient (Wildman–Crippen LogP) is 1.79. The highest BCUT2D eigenvalue weighted by Crippen LogP contribution is 2.31. The molecule has 0 saturated carbocycles. The summed E-state index contributed by atoms with van der Waals surface area (Å²) >= 11 is 0. The molecule has 1 aromatic rings. The van der Waals surface area contributed by atoms with Gasteiger partial charge < -0.3 is 4.90 Å². The van der Waals surface area contributed by atoms with E-state index in [1.807, 2.05) is 11.0 Å². The maximum absolute atomic E-state index is 11.1. The van der Waals surface area contributed by atoms with Crippen LogP contribution in [0.4, 0.5) is 5.69 Å². The molecule has 3 nitrogen and oxygen atoms in total. The monoisotopic (exact) mass is 214 g/mol. The molecule has 0 atom stereocenters. The molecule has 0 bridgehead atoms. The second-order valence-corrected chi connectivity index (χ2v) is 4.53. The number of hydrogen-bond acceptors (Lipinski definition) is 2. The van der Waals surface area contributed by atoms with Crippen molar-refractivity contribution in [2.24, 2.45) is 10.9 Å². The van der Waals surface area contributed by atoms with E-state index < -0.39 is 0 Å². The van der Waals surface area contributed by atoms with Gasteiger partial charge >= 0.3 is 0 Å². The van der Waals surface area contributed by atoms with Crippen LogP contribution in [0.2, 0.25) is 0 Å². The number of hydrogen-bond donors (Lipinski definition) is 0. The number of para-hydroxylation sites is 1. The van der Waals surface area contributed by atoms with Crippen LogP contribution < -0.4 is 0 Å². The first-order chi connectivity index (χ1) is 7.74. The standard InChI is InChI=1S/C13H14N2O/c1-9(16)15-7-11(8-15)13-6-10-4-2-3-5-12(10)14-13/h2-5,11H,6-8H2,1H3. The first-order valence-corrected chi connectivity index (χ1v) is 5.65. The first kappa shape index (κ1) is 9.58. The van der Waals surface area contributed by atoms with Crippen molar-refractivity contribution >= 4 is 17.3 Å². The molecule has 0 unspecified atom stereocenters. The van der Waals surface area contributed by atoms with Crippen molar-refractivity contribution in [1.29, 1.82) is 0 Å². The molecule has 0 aliphatic carbocycles. The van der Waals surface area contributed by atoms with Gasteiger partial charge in [0.05, 0.1) is 5.69 Å². The molecule has 2 aliphatic heterocycles. The Labute approximate surface area is 94.8 Å². The number of carbonyl (C=O) groups excluding carboxylic acids is 1. The minimum Gasteiger partial charge on any atom is -0.341 e. The lowest BCUT2D eigenvalue weighted by molar-refractivity contribution is -0.133. The van der Waals surface area contributed by atoms with E-state index in [1.54, 1.807) is 6.92 Å². The Balaban J connectivity index is 1.71. The summed E-state index contributed by atoms with van der Waals surface area (Å²) in [6.07, 6.45) is 0.965. The molecule has 0 aromatic heterocycles. The van der Waals surface area contributed by atoms with E-state index in [1.165, 1.54) is 11.3 Å². The van der Waals surface area contributed by atoms with Crippen molar-refractivity contribution < 1.29 is 4.79 Å². The summed E-state index contributed by atoms with van der Waals surface area (Å²) in [6.45, 7) is 3.33. The van der Waals surface area contributed by atoms with Crippen LogP contribution in [0.15, 0.2) is 29.3 Å². The van der Waals surface area contributed by atoms with Gasteiger partial charge in [-0.15, -0.1) is 0 Å². The van der Waals surface area contributed by atoms with Crippen molar-refractivity contribution in [2.75, 3.05) is 13.1 Å². The predicted molar refractivity (Wildman–Crippen MR) is 63.0 cm³/mol. The highest BCUT2D eigenvalue weighted by atomic mass is 16.2. The lowest BCUT2D eigenvalue weighted by atomic mass is 9.92. The zero-order chi connectivity index (χ0) is 11.1. The van der Waals surface area contributed by atoms with Crippen LogP contribution >= 0.6 is 0 Å². The van der Waals surface area contributed by atoms with Crippen LogP contribution in [0.3, 0.4) is 0 Å². The molecule has 2 heterocycles. The Morgan fingerprint density at radius 1 is 1.38 bits per heavy atom. The summed E-state index contributed by atoms with van der Waals surface area (Å²) in [4.78, 5) is 17.6. The van der Waals surface area contributed by atoms with Gasteiger partial charge in [-0.25, -0.2) is 0 Å². The van der Waals surface area contributed by atoms with Crippen LogP contribution in [0.5, 0.6) is 0 Å². The number of aliphatic imine (C=N–C) groups is 1. The smallest absolute Gasteiger partial charge is 0.219 e. The molecule has 3 rings (SSSR count). The van der Waals surface area contributed by atoms with Crippen LogP contribution in [0.25, 0.3) is 0 Å². The third-order valence-electron chi connectivity index (χ3n) is 3.43. The topological polar surface area (TPSA) is 32.7 Å². The minimum atomic E-state index is 0.173. The molecule has 3 heteroatoms. The number of nitrogens with zero attached hydrogens (tertiary/aromatic N) is 2. The molecule has 1 fully saturated rings.